The maximum absolute atomic E-state index is 12.4. The molecule has 2 aromatic carbocycles. The van der Waals surface area contributed by atoms with Crippen LogP contribution in [-0.4, -0.2) is 77.8 Å². The average Bonchev–Trinajstić information content (AvgIpc) is 3.44. The van der Waals surface area contributed by atoms with E-state index in [0.717, 1.165) is 49.2 Å². The van der Waals surface area contributed by atoms with Crippen LogP contribution in [0.4, 0.5) is 22.9 Å². The number of anilines is 4. The van der Waals surface area contributed by atoms with Crippen molar-refractivity contribution >= 4 is 68.5 Å². The van der Waals surface area contributed by atoms with Gasteiger partial charge in [0, 0.05) is 60.2 Å². The molecule has 232 valence electrons. The lowest BCUT2D eigenvalue weighted by molar-refractivity contribution is -0.111. The molecule has 4 heterocycles. The van der Waals surface area contributed by atoms with E-state index in [1.54, 1.807) is 16.8 Å². The number of methoxy groups -OCH3 is 2. The summed E-state index contributed by atoms with van der Waals surface area (Å²) in [5.41, 5.74) is 4.76. The zero-order valence-electron chi connectivity index (χ0n) is 25.1. The van der Waals surface area contributed by atoms with E-state index in [0.29, 0.717) is 55.5 Å². The second-order valence-electron chi connectivity index (χ2n) is 10.7. The highest BCUT2D eigenvalue weighted by atomic mass is 35.5. The lowest BCUT2D eigenvalue weighted by atomic mass is 10.0. The summed E-state index contributed by atoms with van der Waals surface area (Å²) in [6.45, 7) is 7.48. The first-order valence-corrected chi connectivity index (χ1v) is 15.1. The van der Waals surface area contributed by atoms with Crippen LogP contribution in [0.3, 0.4) is 0 Å². The van der Waals surface area contributed by atoms with Crippen LogP contribution in [0.1, 0.15) is 6.42 Å². The lowest BCUT2D eigenvalue weighted by Gasteiger charge is -2.24. The Hall–Kier alpha value is -4.58. The number of benzene rings is 2. The summed E-state index contributed by atoms with van der Waals surface area (Å²) in [5.74, 6) is 1.07. The van der Waals surface area contributed by atoms with Gasteiger partial charge in [0.05, 0.1) is 41.2 Å². The number of carbonyl (C=O) groups excluding carboxylic acids is 1. The van der Waals surface area contributed by atoms with E-state index >= 15 is 0 Å². The molecule has 0 spiro atoms. The van der Waals surface area contributed by atoms with Gasteiger partial charge in [-0.2, -0.15) is 5.10 Å². The smallest absolute Gasteiger partial charge is 0.247 e. The molecular formula is C32H32Cl2N8O3. The van der Waals surface area contributed by atoms with Gasteiger partial charge in [-0.15, -0.1) is 0 Å². The zero-order valence-corrected chi connectivity index (χ0v) is 26.6. The first-order chi connectivity index (χ1) is 21.8. The van der Waals surface area contributed by atoms with E-state index in [1.807, 2.05) is 24.3 Å². The molecule has 1 fully saturated rings. The number of nitrogens with zero attached hydrogens (tertiary/aromatic N) is 6. The van der Waals surface area contributed by atoms with Gasteiger partial charge in [0.15, 0.2) is 5.65 Å². The average molecular weight is 648 g/mol. The van der Waals surface area contributed by atoms with E-state index in [-0.39, 0.29) is 5.91 Å². The van der Waals surface area contributed by atoms with Crippen molar-refractivity contribution in [2.45, 2.75) is 6.42 Å². The second kappa shape index (κ2) is 12.8. The number of hydrogen-bond donors (Lipinski definition) is 2. The SMILES string of the molecule is C=CC(=O)Nc1cc(N2CCCN(C)CC2)ccc1Nc1cc2c(cn1)cc(-c1c(Cl)c(OC)cc(OC)c1Cl)c1ncnn12. The van der Waals surface area contributed by atoms with Gasteiger partial charge in [-0.3, -0.25) is 4.79 Å². The number of nitrogens with one attached hydrogen (secondary N) is 2. The Balaban J connectivity index is 1.40. The van der Waals surface area contributed by atoms with Crippen LogP contribution in [0.2, 0.25) is 10.0 Å². The van der Waals surface area contributed by atoms with E-state index in [1.165, 1.54) is 26.6 Å². The van der Waals surface area contributed by atoms with Crippen LogP contribution >= 0.6 is 23.2 Å². The van der Waals surface area contributed by atoms with Gasteiger partial charge in [0.25, 0.3) is 0 Å². The Morgan fingerprint density at radius 3 is 2.49 bits per heavy atom. The third-order valence-corrected chi connectivity index (χ3v) is 8.62. The van der Waals surface area contributed by atoms with Crippen molar-refractivity contribution in [2.75, 3.05) is 63.0 Å². The molecular weight excluding hydrogens is 615 g/mol. The Morgan fingerprint density at radius 2 is 1.76 bits per heavy atom. The molecule has 0 atom stereocenters. The fourth-order valence-electron chi connectivity index (χ4n) is 5.51. The highest BCUT2D eigenvalue weighted by Gasteiger charge is 2.23. The molecule has 5 aromatic rings. The van der Waals surface area contributed by atoms with Crippen molar-refractivity contribution in [1.29, 1.82) is 0 Å². The minimum Gasteiger partial charge on any atom is -0.495 e. The number of rotatable bonds is 8. The third-order valence-electron chi connectivity index (χ3n) is 7.87. The summed E-state index contributed by atoms with van der Waals surface area (Å²) in [7, 11) is 5.19. The molecule has 1 amide bonds. The first kappa shape index (κ1) is 30.4. The van der Waals surface area contributed by atoms with E-state index in [4.69, 9.17) is 32.7 Å². The molecule has 0 radical (unpaired) electrons. The standard InChI is InChI=1S/C32H32Cl2N8O3/c1-5-28(43)39-23-14-20(41-10-6-9-40(2)11-12-41)7-8-22(23)38-27-15-24-19(17-35-27)13-21(32-36-18-37-42(24)32)29-30(33)25(44-3)16-26(45-4)31(29)34/h5,7-8,13-18H,1,6,9-12H2,2-4H3,(H,35,38)(H,39,43). The van der Waals surface area contributed by atoms with Gasteiger partial charge in [-0.05, 0) is 50.4 Å². The van der Waals surface area contributed by atoms with Gasteiger partial charge in [0.2, 0.25) is 5.91 Å². The Labute approximate surface area is 270 Å². The maximum Gasteiger partial charge on any atom is 0.247 e. The number of hydrogen-bond acceptors (Lipinski definition) is 9. The Kier molecular flexibility index (Phi) is 8.66. The van der Waals surface area contributed by atoms with Crippen LogP contribution in [0.25, 0.3) is 27.7 Å². The van der Waals surface area contributed by atoms with Gasteiger partial charge in [-0.1, -0.05) is 29.8 Å². The number of carbonyl (C=O) groups is 1. The van der Waals surface area contributed by atoms with Crippen LogP contribution < -0.4 is 25.0 Å². The molecule has 45 heavy (non-hydrogen) atoms. The van der Waals surface area contributed by atoms with Crippen LogP contribution in [0.5, 0.6) is 11.5 Å². The molecule has 1 aliphatic rings. The summed E-state index contributed by atoms with van der Waals surface area (Å²) in [6, 6.07) is 11.4. The number of amides is 1. The predicted octanol–water partition coefficient (Wildman–Crippen LogP) is 6.28. The fourth-order valence-corrected chi connectivity index (χ4v) is 6.22. The minimum absolute atomic E-state index is 0.305. The van der Waals surface area contributed by atoms with E-state index in [2.05, 4.69) is 55.2 Å². The molecule has 2 N–H and O–H groups in total. The summed E-state index contributed by atoms with van der Waals surface area (Å²) in [5, 5.41) is 12.2. The molecule has 0 bridgehead atoms. The molecule has 0 aliphatic carbocycles. The summed E-state index contributed by atoms with van der Waals surface area (Å²) < 4.78 is 12.7. The van der Waals surface area contributed by atoms with Crippen LogP contribution in [0.15, 0.2) is 61.6 Å². The van der Waals surface area contributed by atoms with Crippen molar-refractivity contribution in [3.8, 4) is 22.6 Å². The van der Waals surface area contributed by atoms with Gasteiger partial charge >= 0.3 is 0 Å². The Morgan fingerprint density at radius 1 is 0.978 bits per heavy atom. The second-order valence-corrected chi connectivity index (χ2v) is 11.4. The normalized spacial score (nSPS) is 13.9. The first-order valence-electron chi connectivity index (χ1n) is 14.3. The summed E-state index contributed by atoms with van der Waals surface area (Å²) >= 11 is 13.5. The largest absolute Gasteiger partial charge is 0.495 e. The van der Waals surface area contributed by atoms with Crippen molar-refractivity contribution in [1.82, 2.24) is 24.5 Å². The van der Waals surface area contributed by atoms with Crippen molar-refractivity contribution in [3.05, 3.63) is 71.6 Å². The molecule has 0 unspecified atom stereocenters. The topological polar surface area (TPSA) is 109 Å². The molecule has 1 aliphatic heterocycles. The fraction of sp³-hybridized carbons (Fsp3) is 0.250. The van der Waals surface area contributed by atoms with E-state index < -0.39 is 0 Å². The molecule has 1 saturated heterocycles. The molecule has 13 heteroatoms. The van der Waals surface area contributed by atoms with Crippen molar-refractivity contribution in [3.63, 3.8) is 0 Å². The summed E-state index contributed by atoms with van der Waals surface area (Å²) in [6.07, 6.45) is 5.51. The van der Waals surface area contributed by atoms with Crippen molar-refractivity contribution < 1.29 is 14.3 Å². The zero-order chi connectivity index (χ0) is 31.7. The monoisotopic (exact) mass is 646 g/mol. The molecule has 3 aromatic heterocycles. The minimum atomic E-state index is -0.305. The van der Waals surface area contributed by atoms with Gasteiger partial charge < -0.3 is 29.9 Å². The van der Waals surface area contributed by atoms with E-state index in [9.17, 15) is 4.79 Å². The van der Waals surface area contributed by atoms with Crippen molar-refractivity contribution in [2.24, 2.45) is 0 Å². The number of fused-ring (bicyclic) bond motifs is 3. The summed E-state index contributed by atoms with van der Waals surface area (Å²) in [4.78, 5) is 26.3. The molecule has 6 rings (SSSR count). The van der Waals surface area contributed by atoms with Gasteiger partial charge in [0.1, 0.15) is 23.6 Å². The number of pyridine rings is 2. The third kappa shape index (κ3) is 5.94. The number of aromatic nitrogens is 4. The highest BCUT2D eigenvalue weighted by Crippen LogP contribution is 2.47. The van der Waals surface area contributed by atoms with Gasteiger partial charge in [-0.25, -0.2) is 14.5 Å². The quantitative estimate of drug-likeness (QED) is 0.188. The number of ether oxygens (including phenoxy) is 2. The Bertz CT molecular complexity index is 1900. The number of likely N-dealkylation sites (N-methyl/N-ethyl adjacent to an activating group) is 1. The predicted molar refractivity (Wildman–Crippen MR) is 180 cm³/mol. The van der Waals surface area contributed by atoms with Crippen LogP contribution in [-0.2, 0) is 4.79 Å². The molecule has 11 nitrogen and oxygen atoms in total. The maximum atomic E-state index is 12.4. The number of halogens is 2. The highest BCUT2D eigenvalue weighted by molar-refractivity contribution is 6.41. The van der Waals surface area contributed by atoms with Crippen LogP contribution in [0, 0.1) is 0 Å². The molecule has 0 saturated carbocycles. The lowest BCUT2D eigenvalue weighted by Crippen LogP contribution is -2.28.